The number of aliphatic hydroxyl groups excluding tert-OH is 1. The zero-order valence-corrected chi connectivity index (χ0v) is 24.4. The van der Waals surface area contributed by atoms with Gasteiger partial charge in [-0.3, -0.25) is 9.52 Å². The second-order valence-corrected chi connectivity index (χ2v) is 13.2. The third-order valence-corrected chi connectivity index (χ3v) is 9.43. The number of sulfonamides is 1. The summed E-state index contributed by atoms with van der Waals surface area (Å²) in [6, 6.07) is 11.1. The first-order valence-electron chi connectivity index (χ1n) is 14.1. The van der Waals surface area contributed by atoms with E-state index < -0.39 is 10.0 Å². The number of anilines is 1. The smallest absolute Gasteiger partial charge is 0.261 e. The van der Waals surface area contributed by atoms with Crippen molar-refractivity contribution in [2.24, 2.45) is 11.8 Å². The predicted octanol–water partition coefficient (Wildman–Crippen LogP) is 4.53. The monoisotopic (exact) mass is 557 g/mol. The molecule has 214 valence electrons. The molecule has 0 bridgehead atoms. The van der Waals surface area contributed by atoms with Crippen molar-refractivity contribution in [2.75, 3.05) is 38.0 Å². The second-order valence-electron chi connectivity index (χ2n) is 11.5. The number of benzene rings is 2. The average molecular weight is 558 g/mol. The summed E-state index contributed by atoms with van der Waals surface area (Å²) < 4.78 is 35.1. The Morgan fingerprint density at radius 1 is 1.10 bits per heavy atom. The summed E-state index contributed by atoms with van der Waals surface area (Å²) in [5.74, 6) is 0.876. The van der Waals surface area contributed by atoms with Gasteiger partial charge < -0.3 is 19.6 Å². The molecule has 1 amide bonds. The normalized spacial score (nSPS) is 21.6. The number of amides is 1. The van der Waals surface area contributed by atoms with E-state index in [9.17, 15) is 18.3 Å². The van der Waals surface area contributed by atoms with E-state index >= 15 is 0 Å². The molecule has 0 unspecified atom stereocenters. The maximum Gasteiger partial charge on any atom is 0.261 e. The van der Waals surface area contributed by atoms with Crippen LogP contribution >= 0.6 is 0 Å². The summed E-state index contributed by atoms with van der Waals surface area (Å²) in [5.41, 5.74) is 1.53. The Hall–Kier alpha value is -2.62. The number of ether oxygens (including phenoxy) is 1. The number of aliphatic hydroxyl groups is 1. The lowest BCUT2D eigenvalue weighted by Crippen LogP contribution is -2.50. The largest absolute Gasteiger partial charge is 0.488 e. The quantitative estimate of drug-likeness (QED) is 0.470. The van der Waals surface area contributed by atoms with Gasteiger partial charge in [-0.05, 0) is 70.0 Å². The van der Waals surface area contributed by atoms with Crippen molar-refractivity contribution in [3.05, 3.63) is 53.6 Å². The molecule has 1 saturated carbocycles. The van der Waals surface area contributed by atoms with Crippen LogP contribution in [0.4, 0.5) is 5.69 Å². The standard InChI is InChI=1S/C30H43N3O5S/c1-21-10-13-26(14-11-21)39(36,37)31-25-12-15-28-27(16-25)30(35)33(23(3)20-34)17-22(2)29(38-28)19-32(4)18-24-8-6-5-7-9-24/h10-16,22-24,29,31,34H,5-9,17-20H2,1-4H3/t22-,23-,29+/m1/s1. The molecule has 0 spiro atoms. The van der Waals surface area contributed by atoms with E-state index in [-0.39, 0.29) is 46.7 Å². The van der Waals surface area contributed by atoms with E-state index in [2.05, 4.69) is 23.6 Å². The summed E-state index contributed by atoms with van der Waals surface area (Å²) in [6.07, 6.45) is 6.30. The number of rotatable bonds is 9. The first kappa shape index (κ1) is 29.4. The highest BCUT2D eigenvalue weighted by Crippen LogP contribution is 2.32. The topological polar surface area (TPSA) is 99.2 Å². The number of hydrogen-bond acceptors (Lipinski definition) is 6. The number of hydrogen-bond donors (Lipinski definition) is 2. The molecule has 9 heteroatoms. The van der Waals surface area contributed by atoms with Gasteiger partial charge in [0.25, 0.3) is 15.9 Å². The van der Waals surface area contributed by atoms with Crippen molar-refractivity contribution in [1.82, 2.24) is 9.80 Å². The first-order valence-corrected chi connectivity index (χ1v) is 15.6. The fraction of sp³-hybridized carbons (Fsp3) is 0.567. The Morgan fingerprint density at radius 2 is 1.79 bits per heavy atom. The molecule has 3 atom stereocenters. The highest BCUT2D eigenvalue weighted by Gasteiger charge is 2.34. The molecule has 0 aromatic heterocycles. The Kier molecular flexibility index (Phi) is 9.56. The Balaban J connectivity index is 1.60. The van der Waals surface area contributed by atoms with Gasteiger partial charge in [-0.1, -0.05) is 43.9 Å². The van der Waals surface area contributed by atoms with Gasteiger partial charge in [-0.2, -0.15) is 0 Å². The summed E-state index contributed by atoms with van der Waals surface area (Å²) in [4.78, 5) is 17.9. The lowest BCUT2D eigenvalue weighted by atomic mass is 9.89. The maximum atomic E-state index is 13.7. The van der Waals surface area contributed by atoms with Crippen molar-refractivity contribution in [1.29, 1.82) is 0 Å². The van der Waals surface area contributed by atoms with Crippen molar-refractivity contribution in [3.63, 3.8) is 0 Å². The molecular formula is C30H43N3O5S. The molecule has 0 radical (unpaired) electrons. The minimum absolute atomic E-state index is 0.0321. The number of nitrogens with zero attached hydrogens (tertiary/aromatic N) is 2. The minimum atomic E-state index is -3.84. The van der Waals surface area contributed by atoms with E-state index in [0.29, 0.717) is 24.8 Å². The number of nitrogens with one attached hydrogen (secondary N) is 1. The van der Waals surface area contributed by atoms with Crippen LogP contribution in [-0.2, 0) is 10.0 Å². The third kappa shape index (κ3) is 7.32. The third-order valence-electron chi connectivity index (χ3n) is 8.03. The zero-order valence-electron chi connectivity index (χ0n) is 23.6. The fourth-order valence-electron chi connectivity index (χ4n) is 5.63. The lowest BCUT2D eigenvalue weighted by molar-refractivity contribution is 0.0330. The van der Waals surface area contributed by atoms with Crippen LogP contribution in [0, 0.1) is 18.8 Å². The minimum Gasteiger partial charge on any atom is -0.488 e. The first-order chi connectivity index (χ1) is 18.6. The predicted molar refractivity (Wildman–Crippen MR) is 154 cm³/mol. The van der Waals surface area contributed by atoms with Gasteiger partial charge in [0.15, 0.2) is 0 Å². The van der Waals surface area contributed by atoms with Gasteiger partial charge >= 0.3 is 0 Å². The van der Waals surface area contributed by atoms with E-state index in [1.165, 1.54) is 32.1 Å². The van der Waals surface area contributed by atoms with Crippen LogP contribution in [0.15, 0.2) is 47.4 Å². The highest BCUT2D eigenvalue weighted by atomic mass is 32.2. The second kappa shape index (κ2) is 12.7. The van der Waals surface area contributed by atoms with Gasteiger partial charge in [-0.15, -0.1) is 0 Å². The molecule has 0 saturated heterocycles. The molecule has 4 rings (SSSR count). The maximum absolute atomic E-state index is 13.7. The van der Waals surface area contributed by atoms with Crippen molar-refractivity contribution in [3.8, 4) is 5.75 Å². The van der Waals surface area contributed by atoms with E-state index in [1.54, 1.807) is 47.4 Å². The molecule has 39 heavy (non-hydrogen) atoms. The molecule has 8 nitrogen and oxygen atoms in total. The summed E-state index contributed by atoms with van der Waals surface area (Å²) in [7, 11) is -1.71. The highest BCUT2D eigenvalue weighted by molar-refractivity contribution is 7.92. The lowest BCUT2D eigenvalue weighted by Gasteiger charge is -2.38. The molecule has 2 aliphatic rings. The number of carbonyl (C=O) groups excluding carboxylic acids is 1. The number of carbonyl (C=O) groups is 1. The van der Waals surface area contributed by atoms with Crippen LogP contribution in [-0.4, -0.2) is 74.7 Å². The Labute approximate surface area is 233 Å². The Bertz CT molecular complexity index is 1230. The molecule has 1 fully saturated rings. The van der Waals surface area contributed by atoms with Gasteiger partial charge in [0.2, 0.25) is 0 Å². The van der Waals surface area contributed by atoms with Crippen LogP contribution in [0.25, 0.3) is 0 Å². The van der Waals surface area contributed by atoms with E-state index in [1.807, 2.05) is 13.8 Å². The number of aryl methyl sites for hydroxylation is 1. The van der Waals surface area contributed by atoms with E-state index in [0.717, 1.165) is 12.1 Å². The molecule has 1 heterocycles. The summed E-state index contributed by atoms with van der Waals surface area (Å²) >= 11 is 0. The summed E-state index contributed by atoms with van der Waals surface area (Å²) in [5, 5.41) is 9.92. The average Bonchev–Trinajstić information content (AvgIpc) is 2.91. The molecule has 2 N–H and O–H groups in total. The van der Waals surface area contributed by atoms with Gasteiger partial charge in [0, 0.05) is 31.2 Å². The summed E-state index contributed by atoms with van der Waals surface area (Å²) in [6.45, 7) is 7.80. The van der Waals surface area contributed by atoms with Crippen LogP contribution < -0.4 is 9.46 Å². The molecule has 1 aliphatic heterocycles. The van der Waals surface area contributed by atoms with Crippen LogP contribution in [0.3, 0.4) is 0 Å². The molecule has 1 aliphatic carbocycles. The Morgan fingerprint density at radius 3 is 2.46 bits per heavy atom. The van der Waals surface area contributed by atoms with Crippen molar-refractivity contribution < 1.29 is 23.1 Å². The van der Waals surface area contributed by atoms with Gasteiger partial charge in [-0.25, -0.2) is 8.42 Å². The number of likely N-dealkylation sites (N-methyl/N-ethyl adjacent to an activating group) is 1. The SMILES string of the molecule is Cc1ccc(S(=O)(=O)Nc2ccc3c(c2)C(=O)N([C@H](C)CO)C[C@@H](C)[C@H](CN(C)CC2CCCCC2)O3)cc1. The van der Waals surface area contributed by atoms with Gasteiger partial charge in [0.1, 0.15) is 11.9 Å². The van der Waals surface area contributed by atoms with Crippen LogP contribution in [0.5, 0.6) is 5.75 Å². The molecule has 2 aromatic carbocycles. The van der Waals surface area contributed by atoms with Crippen molar-refractivity contribution >= 4 is 21.6 Å². The van der Waals surface area contributed by atoms with E-state index in [4.69, 9.17) is 4.74 Å². The molecule has 2 aromatic rings. The fourth-order valence-corrected chi connectivity index (χ4v) is 6.68. The van der Waals surface area contributed by atoms with Crippen LogP contribution in [0.1, 0.15) is 61.9 Å². The molecular weight excluding hydrogens is 514 g/mol. The van der Waals surface area contributed by atoms with Crippen LogP contribution in [0.2, 0.25) is 0 Å². The van der Waals surface area contributed by atoms with Crippen molar-refractivity contribution in [2.45, 2.75) is 69.9 Å². The van der Waals surface area contributed by atoms with Gasteiger partial charge in [0.05, 0.1) is 23.1 Å². The zero-order chi connectivity index (χ0) is 28.2. The number of fused-ring (bicyclic) bond motifs is 1.